The van der Waals surface area contributed by atoms with E-state index in [1.54, 1.807) is 39.6 Å². The van der Waals surface area contributed by atoms with Gasteiger partial charge in [0, 0.05) is 69.1 Å². The summed E-state index contributed by atoms with van der Waals surface area (Å²) in [6.45, 7) is 18.4. The molecule has 73 heavy (non-hydrogen) atoms. The summed E-state index contributed by atoms with van der Waals surface area (Å²) in [6.07, 6.45) is -0.423. The highest BCUT2D eigenvalue weighted by Gasteiger charge is 2.52. The average Bonchev–Trinajstić information content (AvgIpc) is 3.80. The van der Waals surface area contributed by atoms with E-state index >= 15 is 0 Å². The number of aliphatic hydroxyl groups excluding tert-OH is 2. The van der Waals surface area contributed by atoms with Crippen LogP contribution in [-0.2, 0) is 49.5 Å². The van der Waals surface area contributed by atoms with E-state index in [-0.39, 0.29) is 37.3 Å². The first-order valence-electron chi connectivity index (χ1n) is 26.2. The van der Waals surface area contributed by atoms with E-state index in [0.717, 1.165) is 34.9 Å². The molecule has 18 atom stereocenters. The topological polar surface area (TPSA) is 226 Å². The first-order chi connectivity index (χ1) is 34.0. The maximum absolute atomic E-state index is 14.5. The van der Waals surface area contributed by atoms with Crippen LogP contribution in [0.1, 0.15) is 119 Å². The minimum atomic E-state index is -3.25. The molecular formula is C53H91FN5O13S+. The highest BCUT2D eigenvalue weighted by Crippen LogP contribution is 2.40. The molecule has 0 spiro atoms. The number of likely N-dealkylation sites (N-methyl/N-ethyl adjacent to an activating group) is 1. The maximum atomic E-state index is 14.5. The third-order valence-corrected chi connectivity index (χ3v) is 16.6. The number of methoxy groups -OCH3 is 1. The zero-order valence-corrected chi connectivity index (χ0v) is 46.8. The standard InChI is InChI=1S/C53H90FN5O13S/c1-15-43-53(10,64)47(60)36(6)58(12)30-32(2)27-51(8,63)49(34(4)46(35(5)50(62)70-43)71-45-28-52(9,67-13)48(61)37(7)69-45)72-44-26-41(24-33(3)68-44)57(11)22-20-40-31-59(56-55-40)42(29-54)25-39-18-16-38(17-19-39)21-23-73(14,65)66/h16-19,21,23,31-37,41-49,55-56,60-61,63-64H,15,20,22,24-30H2,1-14H3/p+1/b23-21+/t32-,33-,34+,35-,36-,37+,41+,42+,43-,44+,45+,46+,47?,48+,49-,51-,52-,53-/m1/s1. The van der Waals surface area contributed by atoms with Gasteiger partial charge in [0.05, 0.1) is 53.8 Å². The molecular weight excluding hydrogens is 966 g/mol. The third kappa shape index (κ3) is 16.0. The number of nitrogens with two attached hydrogens (primary N) is 1. The molecule has 418 valence electrons. The van der Waals surface area contributed by atoms with Crippen molar-refractivity contribution in [2.24, 2.45) is 17.8 Å². The Morgan fingerprint density at radius 3 is 2.29 bits per heavy atom. The van der Waals surface area contributed by atoms with Crippen molar-refractivity contribution >= 4 is 21.9 Å². The summed E-state index contributed by atoms with van der Waals surface area (Å²) in [5, 5.41) is 50.4. The molecule has 20 heteroatoms. The molecule has 0 aromatic heterocycles. The van der Waals surface area contributed by atoms with Crippen molar-refractivity contribution in [1.82, 2.24) is 20.3 Å². The minimum Gasteiger partial charge on any atom is -0.459 e. The zero-order valence-electron chi connectivity index (χ0n) is 45.9. The van der Waals surface area contributed by atoms with E-state index in [9.17, 15) is 38.0 Å². The molecule has 0 aliphatic carbocycles. The molecule has 0 amide bonds. The Bertz CT molecular complexity index is 2100. The van der Waals surface area contributed by atoms with Crippen molar-refractivity contribution in [3.63, 3.8) is 0 Å². The number of alkyl halides is 1. The number of rotatable bonds is 16. The Kier molecular flexibility index (Phi) is 21.5. The summed E-state index contributed by atoms with van der Waals surface area (Å²) < 4.78 is 76.3. The molecule has 18 nitrogen and oxygen atoms in total. The van der Waals surface area contributed by atoms with E-state index in [1.807, 2.05) is 75.5 Å². The van der Waals surface area contributed by atoms with E-state index in [0.29, 0.717) is 32.4 Å². The number of esters is 1. The van der Waals surface area contributed by atoms with Crippen LogP contribution in [0.3, 0.4) is 0 Å². The fourth-order valence-electron chi connectivity index (χ4n) is 11.3. The molecule has 1 aromatic rings. The van der Waals surface area contributed by atoms with Gasteiger partial charge in [0.25, 0.3) is 0 Å². The number of hydrogen-bond acceptors (Lipinski definition) is 17. The average molecular weight is 1060 g/mol. The van der Waals surface area contributed by atoms with Gasteiger partial charge in [0.2, 0.25) is 0 Å². The van der Waals surface area contributed by atoms with Crippen LogP contribution < -0.4 is 11.0 Å². The van der Waals surface area contributed by atoms with Gasteiger partial charge in [-0.1, -0.05) is 50.6 Å². The van der Waals surface area contributed by atoms with Crippen molar-refractivity contribution < 1.29 is 71.9 Å². The number of aliphatic hydroxyl groups is 4. The number of quaternary nitrogens is 1. The maximum Gasteiger partial charge on any atom is 0.311 e. The molecule has 0 saturated carbocycles. The SMILES string of the molecule is CC[C@H]1OC(=O)[C@H](C)[C@@H](O[C@H]2C[C@@](C)(OC)[C@@H](O)[C@H](C)O2)[C@H](C)[C@@H](O[C@H]2C[C@@H](N(C)CCC3=CN([C@H](CF)Cc4ccc(/C=C/S(C)(=O)=O)cc4)N[NH2+]3)C[C@@H](C)O2)[C@](C)(O)C[C@@H](C)CN(C)[C@H](C)C(O)[C@]1(C)O. The Hall–Kier alpha value is -2.67. The van der Waals surface area contributed by atoms with Crippen LogP contribution in [0, 0.1) is 17.8 Å². The molecule has 0 radical (unpaired) electrons. The highest BCUT2D eigenvalue weighted by molar-refractivity contribution is 7.93. The lowest BCUT2D eigenvalue weighted by Gasteiger charge is -2.48. The molecule has 4 heterocycles. The van der Waals surface area contributed by atoms with Crippen LogP contribution in [0.5, 0.6) is 0 Å². The van der Waals surface area contributed by atoms with E-state index in [2.05, 4.69) is 17.5 Å². The lowest BCUT2D eigenvalue weighted by Crippen LogP contribution is -2.91. The molecule has 4 aliphatic rings. The van der Waals surface area contributed by atoms with Gasteiger partial charge in [-0.25, -0.2) is 18.2 Å². The van der Waals surface area contributed by atoms with Crippen LogP contribution >= 0.6 is 0 Å². The van der Waals surface area contributed by atoms with Gasteiger partial charge in [-0.05, 0) is 111 Å². The number of cyclic esters (lactones) is 1. The molecule has 5 rings (SSSR count). The number of ether oxygens (including phenoxy) is 6. The van der Waals surface area contributed by atoms with Gasteiger partial charge in [0.15, 0.2) is 22.4 Å². The number of sulfone groups is 1. The fraction of sp³-hybridized carbons (Fsp3) is 0.792. The number of nitrogens with one attached hydrogen (secondary N) is 1. The predicted octanol–water partition coefficient (Wildman–Crippen LogP) is 3.43. The molecule has 3 fully saturated rings. The van der Waals surface area contributed by atoms with Gasteiger partial charge in [-0.15, -0.1) is 0 Å². The molecule has 0 bridgehead atoms. The second kappa shape index (κ2) is 25.7. The van der Waals surface area contributed by atoms with Gasteiger partial charge >= 0.3 is 5.97 Å². The summed E-state index contributed by atoms with van der Waals surface area (Å²) in [7, 11) is 2.18. The van der Waals surface area contributed by atoms with Crippen LogP contribution in [0.4, 0.5) is 4.39 Å². The number of carbonyl (C=O) groups is 1. The number of nitrogens with zero attached hydrogens (tertiary/aromatic N) is 3. The zero-order chi connectivity index (χ0) is 54.4. The Labute approximate surface area is 434 Å². The first-order valence-corrected chi connectivity index (χ1v) is 28.2. The van der Waals surface area contributed by atoms with Gasteiger partial charge < -0.3 is 58.6 Å². The molecule has 4 aliphatic heterocycles. The molecule has 7 N–H and O–H groups in total. The fourth-order valence-corrected chi connectivity index (χ4v) is 11.7. The lowest BCUT2D eigenvalue weighted by molar-refractivity contribution is -0.679. The van der Waals surface area contributed by atoms with Crippen molar-refractivity contribution in [3.8, 4) is 0 Å². The van der Waals surface area contributed by atoms with Gasteiger partial charge in [0.1, 0.15) is 36.3 Å². The quantitative estimate of drug-likeness (QED) is 0.103. The van der Waals surface area contributed by atoms with Crippen LogP contribution in [0.2, 0.25) is 0 Å². The summed E-state index contributed by atoms with van der Waals surface area (Å²) in [4.78, 5) is 18.7. The summed E-state index contributed by atoms with van der Waals surface area (Å²) in [5.41, 5.74) is 3.39. The Morgan fingerprint density at radius 2 is 1.67 bits per heavy atom. The first kappa shape index (κ1) is 61.2. The van der Waals surface area contributed by atoms with E-state index in [1.165, 1.54) is 20.1 Å². The highest BCUT2D eigenvalue weighted by atomic mass is 32.2. The van der Waals surface area contributed by atoms with E-state index < -0.39 is 112 Å². The van der Waals surface area contributed by atoms with Gasteiger partial charge in [-0.3, -0.25) is 9.80 Å². The minimum absolute atomic E-state index is 0.0200. The number of benzene rings is 1. The largest absolute Gasteiger partial charge is 0.459 e. The van der Waals surface area contributed by atoms with Crippen molar-refractivity contribution in [3.05, 3.63) is 52.7 Å². The number of hydrazine groups is 1. The number of carbonyl (C=O) groups excluding carboxylic acids is 1. The van der Waals surface area contributed by atoms with Crippen LogP contribution in [0.25, 0.3) is 6.08 Å². The van der Waals surface area contributed by atoms with Crippen molar-refractivity contribution in [1.29, 1.82) is 0 Å². The van der Waals surface area contributed by atoms with Crippen molar-refractivity contribution in [2.75, 3.05) is 47.2 Å². The Balaban J connectivity index is 1.37. The molecule has 1 unspecified atom stereocenters. The van der Waals surface area contributed by atoms with E-state index in [4.69, 9.17) is 28.4 Å². The van der Waals surface area contributed by atoms with Crippen molar-refractivity contribution in [2.45, 2.75) is 204 Å². The number of halogens is 1. The Morgan fingerprint density at radius 1 is 1.00 bits per heavy atom. The second-order valence-electron chi connectivity index (χ2n) is 22.6. The summed E-state index contributed by atoms with van der Waals surface area (Å²) in [6, 6.07) is 6.39. The summed E-state index contributed by atoms with van der Waals surface area (Å²) in [5.74, 6) is -2.55. The molecule has 1 aromatic carbocycles. The smallest absolute Gasteiger partial charge is 0.311 e. The lowest BCUT2D eigenvalue weighted by atomic mass is 9.77. The monoisotopic (exact) mass is 1060 g/mol. The normalized spacial score (nSPS) is 39.5. The third-order valence-electron chi connectivity index (χ3n) is 16.0. The van der Waals surface area contributed by atoms with Gasteiger partial charge in [-0.2, -0.15) is 0 Å². The second-order valence-corrected chi connectivity index (χ2v) is 24.5. The predicted molar refractivity (Wildman–Crippen MR) is 275 cm³/mol. The van der Waals surface area contributed by atoms with Crippen LogP contribution in [-0.4, -0.2) is 187 Å². The summed E-state index contributed by atoms with van der Waals surface area (Å²) >= 11 is 0. The number of hydrogen-bond donors (Lipinski definition) is 6. The molecule has 3 saturated heterocycles. The van der Waals surface area contributed by atoms with Crippen LogP contribution in [0.15, 0.2) is 41.6 Å².